The van der Waals surface area contributed by atoms with Gasteiger partial charge >= 0.3 is 18.2 Å². The highest BCUT2D eigenvalue weighted by Gasteiger charge is 2.36. The zero-order valence-electron chi connectivity index (χ0n) is 10.2. The highest BCUT2D eigenvalue weighted by atomic mass is 19.4. The molecule has 110 valence electrons. The normalized spacial score (nSPS) is 11.8. The molecule has 0 aliphatic heterocycles. The van der Waals surface area contributed by atoms with Crippen molar-refractivity contribution < 1.29 is 32.7 Å². The number of hydrogen-bond acceptors (Lipinski definition) is 3. The summed E-state index contributed by atoms with van der Waals surface area (Å²) in [6, 6.07) is -1.34. The van der Waals surface area contributed by atoms with Crippen LogP contribution in [0.3, 0.4) is 0 Å². The molecule has 0 aromatic carbocycles. The molecule has 0 spiro atoms. The van der Waals surface area contributed by atoms with Gasteiger partial charge in [-0.25, -0.2) is 4.79 Å². The Kier molecular flexibility index (Phi) is 5.15. The molecule has 0 fully saturated rings. The molecule has 0 aromatic rings. The van der Waals surface area contributed by atoms with Gasteiger partial charge in [-0.05, 0) is 13.8 Å². The number of primary amides is 1. The Labute approximate surface area is 106 Å². The van der Waals surface area contributed by atoms with Crippen molar-refractivity contribution in [1.82, 2.24) is 10.2 Å². The summed E-state index contributed by atoms with van der Waals surface area (Å²) in [5.41, 5.74) is 3.34. The molecule has 0 bridgehead atoms. The highest BCUT2D eigenvalue weighted by molar-refractivity contribution is 5.90. The average Bonchev–Trinajstić information content (AvgIpc) is 2.12. The molecule has 0 heterocycles. The number of rotatable bonds is 5. The van der Waals surface area contributed by atoms with E-state index in [0.717, 1.165) is 0 Å². The number of carboxylic acids is 1. The number of nitrogens with zero attached hydrogens (tertiary/aromatic N) is 1. The third kappa shape index (κ3) is 6.48. The van der Waals surface area contributed by atoms with Gasteiger partial charge in [-0.1, -0.05) is 0 Å². The van der Waals surface area contributed by atoms with Gasteiger partial charge in [-0.15, -0.1) is 0 Å². The smallest absolute Gasteiger partial charge is 0.406 e. The Morgan fingerprint density at radius 1 is 1.26 bits per heavy atom. The van der Waals surface area contributed by atoms with Gasteiger partial charge in [0.25, 0.3) is 0 Å². The van der Waals surface area contributed by atoms with Gasteiger partial charge in [-0.3, -0.25) is 9.59 Å². The number of hydrogen-bond donors (Lipinski definition) is 3. The summed E-state index contributed by atoms with van der Waals surface area (Å²) in [6.45, 7) is -0.542. The van der Waals surface area contributed by atoms with E-state index in [4.69, 9.17) is 10.8 Å². The van der Waals surface area contributed by atoms with E-state index >= 15 is 0 Å². The molecule has 0 aromatic heterocycles. The second-order valence-corrected chi connectivity index (χ2v) is 4.28. The fourth-order valence-electron chi connectivity index (χ4n) is 0.987. The lowest BCUT2D eigenvalue weighted by molar-refractivity contribution is -0.149. The molecule has 0 atom stereocenters. The number of nitrogens with one attached hydrogen (secondary N) is 1. The predicted octanol–water partition coefficient (Wildman–Crippen LogP) is -0.0912. The molecule has 0 saturated heterocycles. The summed E-state index contributed by atoms with van der Waals surface area (Å²) >= 11 is 0. The number of carbonyl (C=O) groups excluding carboxylic acids is 2. The second-order valence-electron chi connectivity index (χ2n) is 4.28. The van der Waals surface area contributed by atoms with E-state index < -0.39 is 42.7 Å². The van der Waals surface area contributed by atoms with Gasteiger partial charge in [-0.2, -0.15) is 13.2 Å². The Morgan fingerprint density at radius 3 is 2.05 bits per heavy atom. The maximum absolute atomic E-state index is 12.2. The van der Waals surface area contributed by atoms with Gasteiger partial charge in [0, 0.05) is 0 Å². The van der Waals surface area contributed by atoms with Crippen LogP contribution in [0.2, 0.25) is 0 Å². The van der Waals surface area contributed by atoms with Crippen LogP contribution in [0.15, 0.2) is 0 Å². The van der Waals surface area contributed by atoms with Crippen LogP contribution in [0.25, 0.3) is 0 Å². The molecule has 19 heavy (non-hydrogen) atoms. The van der Waals surface area contributed by atoms with Crippen LogP contribution < -0.4 is 11.1 Å². The zero-order chi connectivity index (χ0) is 15.4. The molecule has 0 saturated carbocycles. The monoisotopic (exact) mass is 285 g/mol. The molecule has 3 amide bonds. The molecular weight excluding hydrogens is 271 g/mol. The van der Waals surface area contributed by atoms with Crippen molar-refractivity contribution in [1.29, 1.82) is 0 Å². The van der Waals surface area contributed by atoms with Crippen LogP contribution in [0.4, 0.5) is 18.0 Å². The zero-order valence-corrected chi connectivity index (χ0v) is 10.2. The van der Waals surface area contributed by atoms with Gasteiger partial charge in [0.2, 0.25) is 5.91 Å². The molecule has 0 aliphatic rings. The summed E-state index contributed by atoms with van der Waals surface area (Å²) < 4.78 is 36.6. The number of halogens is 3. The van der Waals surface area contributed by atoms with E-state index in [1.54, 1.807) is 0 Å². The van der Waals surface area contributed by atoms with Gasteiger partial charge < -0.3 is 21.1 Å². The minimum absolute atomic E-state index is 0.0209. The predicted molar refractivity (Wildman–Crippen MR) is 57.1 cm³/mol. The quantitative estimate of drug-likeness (QED) is 0.655. The maximum atomic E-state index is 12.2. The van der Waals surface area contributed by atoms with E-state index in [9.17, 15) is 27.6 Å². The van der Waals surface area contributed by atoms with E-state index in [0.29, 0.717) is 0 Å². The fourth-order valence-corrected chi connectivity index (χ4v) is 0.987. The Bertz CT molecular complexity index is 381. The molecule has 4 N–H and O–H groups in total. The lowest BCUT2D eigenvalue weighted by atomic mass is 10.1. The number of urea groups is 1. The van der Waals surface area contributed by atoms with Gasteiger partial charge in [0.15, 0.2) is 0 Å². The largest absolute Gasteiger partial charge is 0.480 e. The third-order valence-electron chi connectivity index (χ3n) is 2.02. The SMILES string of the molecule is CC(C)(NC(=O)N(CC(=O)O)CC(F)(F)F)C(N)=O. The number of amides is 3. The van der Waals surface area contributed by atoms with Crippen LogP contribution in [0.5, 0.6) is 0 Å². The first-order valence-corrected chi connectivity index (χ1v) is 5.00. The van der Waals surface area contributed by atoms with E-state index in [1.165, 1.54) is 13.8 Å². The maximum Gasteiger partial charge on any atom is 0.406 e. The van der Waals surface area contributed by atoms with Crippen molar-refractivity contribution in [2.75, 3.05) is 13.1 Å². The fraction of sp³-hybridized carbons (Fsp3) is 0.667. The van der Waals surface area contributed by atoms with Gasteiger partial charge in [0.1, 0.15) is 18.6 Å². The molecule has 0 aliphatic carbocycles. The molecular formula is C9H14F3N3O4. The number of nitrogens with two attached hydrogens (primary N) is 1. The molecule has 0 radical (unpaired) electrons. The summed E-state index contributed by atoms with van der Waals surface area (Å²) in [5.74, 6) is -2.58. The van der Waals surface area contributed by atoms with Crippen molar-refractivity contribution in [2.45, 2.75) is 25.6 Å². The van der Waals surface area contributed by atoms with Crippen molar-refractivity contribution in [3.63, 3.8) is 0 Å². The number of carboxylic acid groups (broad SMARTS) is 1. The van der Waals surface area contributed by atoms with Crippen molar-refractivity contribution in [3.05, 3.63) is 0 Å². The van der Waals surface area contributed by atoms with Crippen molar-refractivity contribution >= 4 is 17.9 Å². The van der Waals surface area contributed by atoms with Crippen LogP contribution in [-0.2, 0) is 9.59 Å². The van der Waals surface area contributed by atoms with Crippen LogP contribution in [0, 0.1) is 0 Å². The van der Waals surface area contributed by atoms with Crippen LogP contribution in [-0.4, -0.2) is 52.7 Å². The van der Waals surface area contributed by atoms with Crippen molar-refractivity contribution in [2.24, 2.45) is 5.73 Å². The second kappa shape index (κ2) is 5.76. The van der Waals surface area contributed by atoms with Crippen molar-refractivity contribution in [3.8, 4) is 0 Å². The Balaban J connectivity index is 4.91. The van der Waals surface area contributed by atoms with E-state index in [2.05, 4.69) is 0 Å². The standard InChI is InChI=1S/C9H14F3N3O4/c1-8(2,6(13)18)14-7(19)15(3-5(16)17)4-9(10,11)12/h3-4H2,1-2H3,(H2,13,18)(H,14,19)(H,16,17). The summed E-state index contributed by atoms with van der Waals surface area (Å²) in [7, 11) is 0. The lowest BCUT2D eigenvalue weighted by Crippen LogP contribution is -2.58. The summed E-state index contributed by atoms with van der Waals surface area (Å²) in [4.78, 5) is 32.9. The molecule has 0 unspecified atom stereocenters. The highest BCUT2D eigenvalue weighted by Crippen LogP contribution is 2.16. The number of aliphatic carboxylic acids is 1. The Morgan fingerprint density at radius 2 is 1.74 bits per heavy atom. The topological polar surface area (TPSA) is 113 Å². The summed E-state index contributed by atoms with van der Waals surface area (Å²) in [6.07, 6.45) is -4.76. The minimum atomic E-state index is -4.76. The number of carbonyl (C=O) groups is 3. The van der Waals surface area contributed by atoms with Crippen LogP contribution >= 0.6 is 0 Å². The minimum Gasteiger partial charge on any atom is -0.480 e. The Hall–Kier alpha value is -2.00. The first-order chi connectivity index (χ1) is 8.35. The van der Waals surface area contributed by atoms with Gasteiger partial charge in [0.05, 0.1) is 0 Å². The number of alkyl halides is 3. The first kappa shape index (κ1) is 17.0. The lowest BCUT2D eigenvalue weighted by Gasteiger charge is -2.28. The summed E-state index contributed by atoms with van der Waals surface area (Å²) in [5, 5.41) is 10.4. The molecule has 10 heteroatoms. The van der Waals surface area contributed by atoms with Crippen LogP contribution in [0.1, 0.15) is 13.8 Å². The van der Waals surface area contributed by atoms with E-state index in [-0.39, 0.29) is 4.90 Å². The third-order valence-corrected chi connectivity index (χ3v) is 2.02. The van der Waals surface area contributed by atoms with E-state index in [1.807, 2.05) is 5.32 Å². The average molecular weight is 285 g/mol. The molecule has 7 nitrogen and oxygen atoms in total. The molecule has 0 rings (SSSR count). The first-order valence-electron chi connectivity index (χ1n) is 5.00.